The maximum absolute atomic E-state index is 9.25. The Morgan fingerprint density at radius 2 is 1.47 bits per heavy atom. The van der Waals surface area contributed by atoms with Crippen LogP contribution < -0.4 is 5.73 Å². The van der Waals surface area contributed by atoms with Gasteiger partial charge in [-0.15, -0.1) is 0 Å². The van der Waals surface area contributed by atoms with Crippen LogP contribution in [0.4, 0.5) is 0 Å². The summed E-state index contributed by atoms with van der Waals surface area (Å²) in [5.41, 5.74) is 7.61. The number of hydrogen-bond donors (Lipinski definition) is 3. The van der Waals surface area contributed by atoms with Crippen molar-refractivity contribution >= 4 is 0 Å². The fraction of sp³-hybridized carbons (Fsp3) is 0.760. The molecule has 0 atom stereocenters. The lowest BCUT2D eigenvalue weighted by Crippen LogP contribution is -2.47. The number of ether oxygens (including phenoxy) is 2. The number of rotatable bonds is 16. The van der Waals surface area contributed by atoms with Gasteiger partial charge in [0, 0.05) is 12.0 Å². The summed E-state index contributed by atoms with van der Waals surface area (Å²) in [7, 11) is 0. The topological polar surface area (TPSA) is 84.9 Å². The largest absolute Gasteiger partial charge is 0.394 e. The van der Waals surface area contributed by atoms with Gasteiger partial charge in [-0.1, -0.05) is 76.1 Å². The van der Waals surface area contributed by atoms with Crippen LogP contribution in [0.3, 0.4) is 0 Å². The van der Waals surface area contributed by atoms with Gasteiger partial charge in [-0.3, -0.25) is 0 Å². The predicted molar refractivity (Wildman–Crippen MR) is 121 cm³/mol. The molecule has 0 spiro atoms. The van der Waals surface area contributed by atoms with E-state index in [1.807, 2.05) is 0 Å². The van der Waals surface area contributed by atoms with E-state index in [4.69, 9.17) is 15.2 Å². The molecule has 0 aliphatic carbocycles. The van der Waals surface area contributed by atoms with E-state index in [2.05, 4.69) is 31.2 Å². The van der Waals surface area contributed by atoms with E-state index in [0.29, 0.717) is 19.6 Å². The van der Waals surface area contributed by atoms with Gasteiger partial charge in [0.25, 0.3) is 0 Å². The maximum Gasteiger partial charge on any atom is 0.194 e. The molecule has 1 aliphatic heterocycles. The molecule has 30 heavy (non-hydrogen) atoms. The quantitative estimate of drug-likeness (QED) is 0.344. The SMILES string of the molecule is CCCCCCc1ccc(C2(CCCCCCCC(N)(CO)CO)OCCO2)cc1. The summed E-state index contributed by atoms with van der Waals surface area (Å²) in [6.45, 7) is 3.21. The van der Waals surface area contributed by atoms with E-state index in [1.54, 1.807) is 0 Å². The Morgan fingerprint density at radius 1 is 0.867 bits per heavy atom. The molecule has 172 valence electrons. The number of aryl methyl sites for hydroxylation is 1. The lowest BCUT2D eigenvalue weighted by molar-refractivity contribution is -0.171. The first kappa shape index (κ1) is 25.3. The molecule has 5 nitrogen and oxygen atoms in total. The molecule has 0 bridgehead atoms. The third kappa shape index (κ3) is 7.93. The Hall–Kier alpha value is -0.980. The molecule has 0 aromatic heterocycles. The maximum atomic E-state index is 9.25. The number of nitrogens with two attached hydrogens (primary N) is 1. The van der Waals surface area contributed by atoms with Gasteiger partial charge in [0.2, 0.25) is 0 Å². The lowest BCUT2D eigenvalue weighted by atomic mass is 9.94. The van der Waals surface area contributed by atoms with Gasteiger partial charge < -0.3 is 25.4 Å². The molecular formula is C25H43NO4. The number of hydrogen-bond acceptors (Lipinski definition) is 5. The Balaban J connectivity index is 1.74. The summed E-state index contributed by atoms with van der Waals surface area (Å²) in [5, 5.41) is 18.5. The van der Waals surface area contributed by atoms with Crippen LogP contribution in [0.15, 0.2) is 24.3 Å². The smallest absolute Gasteiger partial charge is 0.194 e. The highest BCUT2D eigenvalue weighted by atomic mass is 16.7. The number of aliphatic hydroxyl groups is 2. The van der Waals surface area contributed by atoms with Crippen LogP contribution in [0.1, 0.15) is 88.7 Å². The molecule has 0 saturated carbocycles. The van der Waals surface area contributed by atoms with Crippen LogP contribution in [-0.4, -0.2) is 42.2 Å². The van der Waals surface area contributed by atoms with Crippen molar-refractivity contribution in [3.8, 4) is 0 Å². The van der Waals surface area contributed by atoms with Crippen LogP contribution >= 0.6 is 0 Å². The van der Waals surface area contributed by atoms with Crippen molar-refractivity contribution in [2.24, 2.45) is 5.73 Å². The van der Waals surface area contributed by atoms with E-state index in [9.17, 15) is 10.2 Å². The molecular weight excluding hydrogens is 378 g/mol. The van der Waals surface area contributed by atoms with E-state index < -0.39 is 11.3 Å². The zero-order valence-corrected chi connectivity index (χ0v) is 18.9. The van der Waals surface area contributed by atoms with Crippen LogP contribution in [0.25, 0.3) is 0 Å². The third-order valence-electron chi connectivity index (χ3n) is 6.28. The molecule has 0 amide bonds. The predicted octanol–water partition coefficient (Wildman–Crippen LogP) is 4.42. The van der Waals surface area contributed by atoms with Crippen molar-refractivity contribution in [2.75, 3.05) is 26.4 Å². The van der Waals surface area contributed by atoms with Gasteiger partial charge in [0.1, 0.15) is 0 Å². The molecule has 1 fully saturated rings. The van der Waals surface area contributed by atoms with Crippen molar-refractivity contribution in [3.05, 3.63) is 35.4 Å². The Morgan fingerprint density at radius 3 is 2.10 bits per heavy atom. The van der Waals surface area contributed by atoms with E-state index in [0.717, 1.165) is 50.5 Å². The Labute approximate surface area is 183 Å². The molecule has 1 aromatic carbocycles. The average molecular weight is 422 g/mol. The van der Waals surface area contributed by atoms with Gasteiger partial charge in [0.05, 0.1) is 32.0 Å². The number of benzene rings is 1. The Kier molecular flexibility index (Phi) is 11.3. The number of unbranched alkanes of at least 4 members (excludes halogenated alkanes) is 7. The molecule has 0 unspecified atom stereocenters. The highest BCUT2D eigenvalue weighted by Gasteiger charge is 2.37. The second kappa shape index (κ2) is 13.4. The zero-order chi connectivity index (χ0) is 21.7. The molecule has 1 heterocycles. The van der Waals surface area contributed by atoms with Crippen molar-refractivity contribution in [3.63, 3.8) is 0 Å². The van der Waals surface area contributed by atoms with Gasteiger partial charge >= 0.3 is 0 Å². The second-order valence-electron chi connectivity index (χ2n) is 8.90. The summed E-state index contributed by atoms with van der Waals surface area (Å²) in [6.07, 6.45) is 13.1. The summed E-state index contributed by atoms with van der Waals surface area (Å²) < 4.78 is 12.2. The molecule has 1 aromatic rings. The van der Waals surface area contributed by atoms with Gasteiger partial charge in [-0.2, -0.15) is 0 Å². The minimum atomic E-state index is -0.836. The van der Waals surface area contributed by atoms with Crippen molar-refractivity contribution in [1.29, 1.82) is 0 Å². The molecule has 2 rings (SSSR count). The average Bonchev–Trinajstić information content (AvgIpc) is 3.26. The van der Waals surface area contributed by atoms with E-state index in [1.165, 1.54) is 31.2 Å². The lowest BCUT2D eigenvalue weighted by Gasteiger charge is -2.28. The van der Waals surface area contributed by atoms with Crippen LogP contribution in [-0.2, 0) is 21.7 Å². The fourth-order valence-electron chi connectivity index (χ4n) is 4.16. The summed E-state index contributed by atoms with van der Waals surface area (Å²) >= 11 is 0. The van der Waals surface area contributed by atoms with Gasteiger partial charge in [-0.25, -0.2) is 0 Å². The highest BCUT2D eigenvalue weighted by molar-refractivity contribution is 5.26. The van der Waals surface area contributed by atoms with Crippen LogP contribution in [0.2, 0.25) is 0 Å². The first-order valence-electron chi connectivity index (χ1n) is 12.0. The Bertz CT molecular complexity index is 565. The summed E-state index contributed by atoms with van der Waals surface area (Å²) in [6, 6.07) is 8.83. The molecule has 4 N–H and O–H groups in total. The summed E-state index contributed by atoms with van der Waals surface area (Å²) in [5.74, 6) is -0.582. The monoisotopic (exact) mass is 421 g/mol. The third-order valence-corrected chi connectivity index (χ3v) is 6.28. The number of aliphatic hydroxyl groups excluding tert-OH is 2. The molecule has 1 aliphatic rings. The van der Waals surface area contributed by atoms with E-state index in [-0.39, 0.29) is 13.2 Å². The minimum absolute atomic E-state index is 0.168. The first-order valence-corrected chi connectivity index (χ1v) is 12.0. The van der Waals surface area contributed by atoms with E-state index >= 15 is 0 Å². The van der Waals surface area contributed by atoms with Crippen LogP contribution in [0.5, 0.6) is 0 Å². The van der Waals surface area contributed by atoms with Crippen LogP contribution in [0, 0.1) is 0 Å². The molecule has 1 saturated heterocycles. The van der Waals surface area contributed by atoms with Crippen molar-refractivity contribution in [2.45, 2.75) is 95.3 Å². The second-order valence-corrected chi connectivity index (χ2v) is 8.90. The normalized spacial score (nSPS) is 16.3. The minimum Gasteiger partial charge on any atom is -0.394 e. The molecule has 5 heteroatoms. The molecule has 0 radical (unpaired) electrons. The van der Waals surface area contributed by atoms with Gasteiger partial charge in [0.15, 0.2) is 5.79 Å². The van der Waals surface area contributed by atoms with Crippen molar-refractivity contribution < 1.29 is 19.7 Å². The fourth-order valence-corrected chi connectivity index (χ4v) is 4.16. The van der Waals surface area contributed by atoms with Gasteiger partial charge in [-0.05, 0) is 31.2 Å². The van der Waals surface area contributed by atoms with Crippen molar-refractivity contribution in [1.82, 2.24) is 0 Å². The standard InChI is InChI=1S/C25H43NO4/c1-2-3-4-8-11-22-12-14-23(15-13-22)25(29-18-19-30-25)17-10-7-5-6-9-16-24(26,20-27)21-28/h12-15,27-28H,2-11,16-21,26H2,1H3. The summed E-state index contributed by atoms with van der Waals surface area (Å²) in [4.78, 5) is 0. The first-order chi connectivity index (χ1) is 14.6. The highest BCUT2D eigenvalue weighted by Crippen LogP contribution is 2.37. The zero-order valence-electron chi connectivity index (χ0n) is 18.9.